The maximum atomic E-state index is 12.3. The lowest BCUT2D eigenvalue weighted by Gasteiger charge is -2.18. The molecule has 3 rings (SSSR count). The summed E-state index contributed by atoms with van der Waals surface area (Å²) in [6.45, 7) is 4.13. The van der Waals surface area contributed by atoms with Crippen LogP contribution in [0.4, 0.5) is 0 Å². The van der Waals surface area contributed by atoms with E-state index in [4.69, 9.17) is 9.47 Å². The molecule has 1 amide bonds. The first-order chi connectivity index (χ1) is 14.5. The molecule has 2 aromatic carbocycles. The van der Waals surface area contributed by atoms with E-state index in [1.165, 1.54) is 10.4 Å². The van der Waals surface area contributed by atoms with E-state index in [1.807, 2.05) is 25.1 Å². The summed E-state index contributed by atoms with van der Waals surface area (Å²) in [7, 11) is 3.70. The maximum absolute atomic E-state index is 12.3. The zero-order chi connectivity index (χ0) is 21.3. The fourth-order valence-electron chi connectivity index (χ4n) is 3.13. The predicted molar refractivity (Wildman–Crippen MR) is 121 cm³/mol. The number of nitrogens with zero attached hydrogens (tertiary/aromatic N) is 1. The van der Waals surface area contributed by atoms with Gasteiger partial charge in [0.1, 0.15) is 17.6 Å². The summed E-state index contributed by atoms with van der Waals surface area (Å²) in [6, 6.07) is 19.4. The lowest BCUT2D eigenvalue weighted by molar-refractivity contribution is 0.0932. The second-order valence-corrected chi connectivity index (χ2v) is 8.30. The molecule has 0 saturated heterocycles. The Balaban J connectivity index is 1.49. The van der Waals surface area contributed by atoms with Crippen molar-refractivity contribution in [3.05, 3.63) is 82.0 Å². The Bertz CT molecular complexity index is 943. The number of carbonyl (C=O) groups excluding carboxylic acids is 1. The fourth-order valence-corrected chi connectivity index (χ4v) is 3.91. The largest absolute Gasteiger partial charge is 0.497 e. The van der Waals surface area contributed by atoms with Crippen molar-refractivity contribution < 1.29 is 14.3 Å². The summed E-state index contributed by atoms with van der Waals surface area (Å²) in [4.78, 5) is 16.0. The van der Waals surface area contributed by atoms with E-state index < -0.39 is 0 Å². The zero-order valence-corrected chi connectivity index (χ0v) is 18.4. The average Bonchev–Trinajstić information content (AvgIpc) is 3.25. The van der Waals surface area contributed by atoms with Crippen molar-refractivity contribution in [3.8, 4) is 11.5 Å². The molecule has 5 nitrogen and oxygen atoms in total. The number of carbonyl (C=O) groups is 1. The molecule has 30 heavy (non-hydrogen) atoms. The van der Waals surface area contributed by atoms with Gasteiger partial charge in [-0.2, -0.15) is 0 Å². The second kappa shape index (κ2) is 10.8. The number of methoxy groups -OCH3 is 1. The molecule has 1 atom stereocenters. The lowest BCUT2D eigenvalue weighted by Crippen LogP contribution is -2.33. The summed E-state index contributed by atoms with van der Waals surface area (Å²) < 4.78 is 11.2. The van der Waals surface area contributed by atoms with Gasteiger partial charge in [0.25, 0.3) is 5.91 Å². The standard InChI is InChI=1S/C24H28N2O3S/c1-18(15-25-24(27)20-8-5-9-21(14-20)28-3)29-22-10-4-7-19(13-22)16-26(2)17-23-11-6-12-30-23/h4-14,18H,15-17H2,1-3H3,(H,25,27)/t18-/m1/s1. The number of hydrogen-bond acceptors (Lipinski definition) is 5. The minimum Gasteiger partial charge on any atom is -0.497 e. The normalized spacial score (nSPS) is 11.9. The molecular weight excluding hydrogens is 396 g/mol. The van der Waals surface area contributed by atoms with Gasteiger partial charge < -0.3 is 14.8 Å². The summed E-state index contributed by atoms with van der Waals surface area (Å²) in [6.07, 6.45) is -0.154. The predicted octanol–water partition coefficient (Wildman–Crippen LogP) is 4.59. The summed E-state index contributed by atoms with van der Waals surface area (Å²) >= 11 is 1.77. The number of amides is 1. The molecule has 1 N–H and O–H groups in total. The minimum absolute atomic E-state index is 0.145. The molecule has 0 spiro atoms. The van der Waals surface area contributed by atoms with Gasteiger partial charge in [0, 0.05) is 23.5 Å². The van der Waals surface area contributed by atoms with Crippen molar-refractivity contribution in [2.45, 2.75) is 26.1 Å². The van der Waals surface area contributed by atoms with Gasteiger partial charge >= 0.3 is 0 Å². The third-order valence-corrected chi connectivity index (χ3v) is 5.44. The van der Waals surface area contributed by atoms with Gasteiger partial charge in [-0.25, -0.2) is 0 Å². The molecule has 6 heteroatoms. The van der Waals surface area contributed by atoms with Crippen LogP contribution in [0.3, 0.4) is 0 Å². The highest BCUT2D eigenvalue weighted by molar-refractivity contribution is 7.09. The van der Waals surface area contributed by atoms with Crippen molar-refractivity contribution >= 4 is 17.2 Å². The van der Waals surface area contributed by atoms with Crippen LogP contribution in [-0.4, -0.2) is 37.6 Å². The van der Waals surface area contributed by atoms with Gasteiger partial charge in [-0.05, 0) is 61.3 Å². The number of thiophene rings is 1. The van der Waals surface area contributed by atoms with Crippen LogP contribution in [-0.2, 0) is 13.1 Å². The van der Waals surface area contributed by atoms with E-state index in [9.17, 15) is 4.79 Å². The van der Waals surface area contributed by atoms with E-state index in [1.54, 1.807) is 36.6 Å². The van der Waals surface area contributed by atoms with Crippen LogP contribution in [0.25, 0.3) is 0 Å². The first kappa shape index (κ1) is 21.9. The van der Waals surface area contributed by atoms with Gasteiger partial charge in [-0.1, -0.05) is 24.3 Å². The van der Waals surface area contributed by atoms with Gasteiger partial charge in [-0.15, -0.1) is 11.3 Å². The van der Waals surface area contributed by atoms with Gasteiger partial charge in [0.2, 0.25) is 0 Å². The minimum atomic E-state index is -0.154. The van der Waals surface area contributed by atoms with E-state index in [-0.39, 0.29) is 12.0 Å². The molecule has 0 aliphatic rings. The van der Waals surface area contributed by atoms with Crippen LogP contribution in [0.5, 0.6) is 11.5 Å². The van der Waals surface area contributed by atoms with Gasteiger partial charge in [-0.3, -0.25) is 9.69 Å². The monoisotopic (exact) mass is 424 g/mol. The number of hydrogen-bond donors (Lipinski definition) is 1. The molecule has 1 aromatic heterocycles. The Hall–Kier alpha value is -2.83. The number of nitrogens with one attached hydrogen (secondary N) is 1. The van der Waals surface area contributed by atoms with Crippen molar-refractivity contribution in [2.75, 3.05) is 20.7 Å². The smallest absolute Gasteiger partial charge is 0.251 e. The highest BCUT2D eigenvalue weighted by Crippen LogP contribution is 2.18. The molecule has 0 fully saturated rings. The third kappa shape index (κ3) is 6.61. The number of rotatable bonds is 10. The SMILES string of the molecule is COc1cccc(C(=O)NC[C@@H](C)Oc2cccc(CN(C)Cc3cccs3)c2)c1. The van der Waals surface area contributed by atoms with Crippen LogP contribution in [0.15, 0.2) is 66.0 Å². The number of ether oxygens (including phenoxy) is 2. The summed E-state index contributed by atoms with van der Waals surface area (Å²) in [5.41, 5.74) is 1.76. The molecule has 0 aliphatic heterocycles. The van der Waals surface area contributed by atoms with E-state index in [2.05, 4.69) is 46.9 Å². The Morgan fingerprint density at radius 1 is 1.07 bits per heavy atom. The van der Waals surface area contributed by atoms with Crippen molar-refractivity contribution in [1.82, 2.24) is 10.2 Å². The zero-order valence-electron chi connectivity index (χ0n) is 17.6. The molecule has 0 bridgehead atoms. The molecule has 3 aromatic rings. The van der Waals surface area contributed by atoms with Crippen molar-refractivity contribution in [2.24, 2.45) is 0 Å². The Morgan fingerprint density at radius 2 is 1.87 bits per heavy atom. The molecule has 0 unspecified atom stereocenters. The average molecular weight is 425 g/mol. The highest BCUT2D eigenvalue weighted by Gasteiger charge is 2.11. The first-order valence-electron chi connectivity index (χ1n) is 9.92. The van der Waals surface area contributed by atoms with E-state index in [0.29, 0.717) is 17.9 Å². The topological polar surface area (TPSA) is 50.8 Å². The quantitative estimate of drug-likeness (QED) is 0.517. The van der Waals surface area contributed by atoms with Crippen LogP contribution in [0, 0.1) is 0 Å². The summed E-state index contributed by atoms with van der Waals surface area (Å²) in [5.74, 6) is 1.32. The molecular formula is C24H28N2O3S. The van der Waals surface area contributed by atoms with Crippen LogP contribution >= 0.6 is 11.3 Å². The molecule has 1 heterocycles. The van der Waals surface area contributed by atoms with Crippen LogP contribution in [0.2, 0.25) is 0 Å². The summed E-state index contributed by atoms with van der Waals surface area (Å²) in [5, 5.41) is 5.02. The molecule has 0 radical (unpaired) electrons. The maximum Gasteiger partial charge on any atom is 0.251 e. The molecule has 158 valence electrons. The number of benzene rings is 2. The van der Waals surface area contributed by atoms with E-state index in [0.717, 1.165) is 18.8 Å². The van der Waals surface area contributed by atoms with Gasteiger partial charge in [0.15, 0.2) is 0 Å². The first-order valence-corrected chi connectivity index (χ1v) is 10.8. The van der Waals surface area contributed by atoms with Crippen molar-refractivity contribution in [3.63, 3.8) is 0 Å². The Labute approximate surface area is 182 Å². The Morgan fingerprint density at radius 3 is 2.63 bits per heavy atom. The Kier molecular flexibility index (Phi) is 7.88. The molecule has 0 saturated carbocycles. The van der Waals surface area contributed by atoms with Crippen molar-refractivity contribution in [1.29, 1.82) is 0 Å². The van der Waals surface area contributed by atoms with E-state index >= 15 is 0 Å². The fraction of sp³-hybridized carbons (Fsp3) is 0.292. The lowest BCUT2D eigenvalue weighted by atomic mass is 10.2. The third-order valence-electron chi connectivity index (χ3n) is 4.58. The van der Waals surface area contributed by atoms with Gasteiger partial charge in [0.05, 0.1) is 13.7 Å². The van der Waals surface area contributed by atoms with Crippen LogP contribution in [0.1, 0.15) is 27.7 Å². The second-order valence-electron chi connectivity index (χ2n) is 7.27. The molecule has 0 aliphatic carbocycles. The highest BCUT2D eigenvalue weighted by atomic mass is 32.1. The van der Waals surface area contributed by atoms with Crippen LogP contribution < -0.4 is 14.8 Å².